The number of nitrogens with zero attached hydrogens (tertiary/aromatic N) is 1. The van der Waals surface area contributed by atoms with Crippen LogP contribution in [0, 0.1) is 30.6 Å². The quantitative estimate of drug-likeness (QED) is 0.664. The summed E-state index contributed by atoms with van der Waals surface area (Å²) in [5.41, 5.74) is 1.44. The Hall–Kier alpha value is -2.14. The zero-order valence-corrected chi connectivity index (χ0v) is 14.6. The number of imide groups is 1. The van der Waals surface area contributed by atoms with Crippen molar-refractivity contribution in [3.05, 3.63) is 40.9 Å². The largest absolute Gasteiger partial charge is 0.326 e. The van der Waals surface area contributed by atoms with Gasteiger partial charge in [-0.25, -0.2) is 0 Å². The third-order valence-corrected chi connectivity index (χ3v) is 6.08. The highest BCUT2D eigenvalue weighted by Gasteiger charge is 2.58. The predicted molar refractivity (Wildman–Crippen MR) is 93.9 cm³/mol. The molecular weight excluding hydrogens is 340 g/mol. The molecule has 4 atom stereocenters. The summed E-state index contributed by atoms with van der Waals surface area (Å²) in [4.78, 5) is 38.7. The van der Waals surface area contributed by atoms with Gasteiger partial charge in [0.25, 0.3) is 0 Å². The first-order chi connectivity index (χ1) is 12.0. The van der Waals surface area contributed by atoms with Crippen molar-refractivity contribution in [3.63, 3.8) is 0 Å². The zero-order chi connectivity index (χ0) is 17.7. The fourth-order valence-electron chi connectivity index (χ4n) is 4.35. The van der Waals surface area contributed by atoms with Gasteiger partial charge in [-0.3, -0.25) is 19.3 Å². The molecule has 0 unspecified atom stereocenters. The third kappa shape index (κ3) is 2.58. The minimum Gasteiger partial charge on any atom is -0.326 e. The summed E-state index contributed by atoms with van der Waals surface area (Å²) in [6, 6.07) is 5.30. The average molecular weight is 359 g/mol. The summed E-state index contributed by atoms with van der Waals surface area (Å²) in [5.74, 6) is -0.485. The molecular formula is C19H19ClN2O3. The van der Waals surface area contributed by atoms with E-state index >= 15 is 0 Å². The minimum absolute atomic E-state index is 0.0889. The fraction of sp³-hybridized carbons (Fsp3) is 0.421. The number of allylic oxidation sites excluding steroid dienone is 2. The van der Waals surface area contributed by atoms with E-state index < -0.39 is 0 Å². The Morgan fingerprint density at radius 1 is 1.20 bits per heavy atom. The number of rotatable bonds is 4. The van der Waals surface area contributed by atoms with Gasteiger partial charge in [0.05, 0.1) is 11.8 Å². The number of benzene rings is 1. The summed E-state index contributed by atoms with van der Waals surface area (Å²) in [6.45, 7) is 1.96. The number of fused-ring (bicyclic) bond motifs is 5. The number of hydrogen-bond acceptors (Lipinski definition) is 3. The maximum atomic E-state index is 12.6. The number of halogens is 1. The van der Waals surface area contributed by atoms with Crippen molar-refractivity contribution in [3.8, 4) is 0 Å². The number of carbonyl (C=O) groups is 3. The maximum absolute atomic E-state index is 12.6. The lowest BCUT2D eigenvalue weighted by atomic mass is 9.85. The van der Waals surface area contributed by atoms with Gasteiger partial charge in [-0.2, -0.15) is 0 Å². The van der Waals surface area contributed by atoms with Crippen LogP contribution in [0.15, 0.2) is 30.4 Å². The van der Waals surface area contributed by atoms with E-state index in [0.717, 1.165) is 12.0 Å². The van der Waals surface area contributed by atoms with Gasteiger partial charge in [-0.1, -0.05) is 29.8 Å². The molecule has 3 amide bonds. The molecule has 2 bridgehead atoms. The molecule has 6 heteroatoms. The van der Waals surface area contributed by atoms with Gasteiger partial charge in [0.2, 0.25) is 17.7 Å². The van der Waals surface area contributed by atoms with Crippen molar-refractivity contribution in [2.24, 2.45) is 23.7 Å². The Bertz CT molecular complexity index is 774. The molecule has 2 aliphatic carbocycles. The topological polar surface area (TPSA) is 66.5 Å². The van der Waals surface area contributed by atoms with Crippen LogP contribution in [-0.2, 0) is 14.4 Å². The number of carbonyl (C=O) groups excluding carboxylic acids is 3. The molecule has 0 spiro atoms. The van der Waals surface area contributed by atoms with Gasteiger partial charge in [0.1, 0.15) is 0 Å². The highest BCUT2D eigenvalue weighted by atomic mass is 35.5. The molecule has 1 saturated carbocycles. The van der Waals surface area contributed by atoms with Crippen LogP contribution in [0.3, 0.4) is 0 Å². The van der Waals surface area contributed by atoms with E-state index in [-0.39, 0.29) is 54.4 Å². The van der Waals surface area contributed by atoms with E-state index in [4.69, 9.17) is 11.6 Å². The Morgan fingerprint density at radius 3 is 2.48 bits per heavy atom. The molecule has 1 aromatic rings. The monoisotopic (exact) mass is 358 g/mol. The number of likely N-dealkylation sites (tertiary alicyclic amines) is 1. The van der Waals surface area contributed by atoms with Crippen LogP contribution >= 0.6 is 11.6 Å². The number of nitrogens with one attached hydrogen (secondary N) is 1. The number of amides is 3. The molecule has 4 rings (SSSR count). The Labute approximate surface area is 151 Å². The number of anilines is 1. The SMILES string of the molecule is Cc1c(Cl)cccc1NC(=O)CCN1C(=O)[C@@H]2[C@@H](C1=O)[C@H]1C=C[C@@H]2C1. The van der Waals surface area contributed by atoms with Crippen molar-refractivity contribution in [2.75, 3.05) is 11.9 Å². The molecule has 130 valence electrons. The van der Waals surface area contributed by atoms with E-state index in [2.05, 4.69) is 17.5 Å². The van der Waals surface area contributed by atoms with E-state index in [9.17, 15) is 14.4 Å². The zero-order valence-electron chi connectivity index (χ0n) is 13.9. The highest BCUT2D eigenvalue weighted by Crippen LogP contribution is 2.52. The molecule has 5 nitrogen and oxygen atoms in total. The van der Waals surface area contributed by atoms with E-state index in [1.54, 1.807) is 18.2 Å². The molecule has 1 N–H and O–H groups in total. The second kappa shape index (κ2) is 5.99. The summed E-state index contributed by atoms with van der Waals surface area (Å²) in [7, 11) is 0. The Balaban J connectivity index is 1.39. The maximum Gasteiger partial charge on any atom is 0.233 e. The van der Waals surface area contributed by atoms with Crippen LogP contribution in [0.4, 0.5) is 5.69 Å². The Morgan fingerprint density at radius 2 is 1.84 bits per heavy atom. The molecule has 3 aliphatic rings. The smallest absolute Gasteiger partial charge is 0.233 e. The third-order valence-electron chi connectivity index (χ3n) is 5.67. The average Bonchev–Trinajstić information content (AvgIpc) is 3.25. The highest BCUT2D eigenvalue weighted by molar-refractivity contribution is 6.31. The fourth-order valence-corrected chi connectivity index (χ4v) is 4.53. The van der Waals surface area contributed by atoms with Crippen molar-refractivity contribution < 1.29 is 14.4 Å². The van der Waals surface area contributed by atoms with Gasteiger partial charge < -0.3 is 5.32 Å². The van der Waals surface area contributed by atoms with Crippen LogP contribution in [0.25, 0.3) is 0 Å². The van der Waals surface area contributed by atoms with Gasteiger partial charge in [0, 0.05) is 23.7 Å². The second-order valence-corrected chi connectivity index (χ2v) is 7.45. The first kappa shape index (κ1) is 16.3. The minimum atomic E-state index is -0.232. The molecule has 1 aromatic carbocycles. The van der Waals surface area contributed by atoms with Crippen molar-refractivity contribution in [2.45, 2.75) is 19.8 Å². The van der Waals surface area contributed by atoms with Crippen molar-refractivity contribution in [1.82, 2.24) is 4.90 Å². The summed E-state index contributed by atoms with van der Waals surface area (Å²) >= 11 is 6.05. The molecule has 1 saturated heterocycles. The molecule has 0 radical (unpaired) electrons. The van der Waals surface area contributed by atoms with Crippen LogP contribution in [-0.4, -0.2) is 29.2 Å². The van der Waals surface area contributed by atoms with E-state index in [0.29, 0.717) is 10.7 Å². The standard InChI is InChI=1S/C19H19ClN2O3/c1-10-13(20)3-2-4-14(10)21-15(23)7-8-22-18(24)16-11-5-6-12(9-11)17(16)19(22)25/h2-6,11-12,16-17H,7-9H2,1H3,(H,21,23)/t11-,12+,16-,17-/m0/s1. The van der Waals surface area contributed by atoms with E-state index in [1.165, 1.54) is 4.90 Å². The molecule has 1 heterocycles. The van der Waals surface area contributed by atoms with Gasteiger partial charge in [-0.05, 0) is 42.9 Å². The second-order valence-electron chi connectivity index (χ2n) is 7.04. The van der Waals surface area contributed by atoms with Crippen molar-refractivity contribution in [1.29, 1.82) is 0 Å². The van der Waals surface area contributed by atoms with Crippen molar-refractivity contribution >= 4 is 35.0 Å². The molecule has 2 fully saturated rings. The van der Waals surface area contributed by atoms with Crippen LogP contribution in [0.5, 0.6) is 0 Å². The molecule has 25 heavy (non-hydrogen) atoms. The lowest BCUT2D eigenvalue weighted by Gasteiger charge is -2.17. The predicted octanol–water partition coefficient (Wildman–Crippen LogP) is 2.78. The molecule has 1 aliphatic heterocycles. The normalized spacial score (nSPS) is 29.4. The summed E-state index contributed by atoms with van der Waals surface area (Å²) in [6.07, 6.45) is 5.13. The van der Waals surface area contributed by atoms with Gasteiger partial charge in [0.15, 0.2) is 0 Å². The van der Waals surface area contributed by atoms with Gasteiger partial charge >= 0.3 is 0 Å². The van der Waals surface area contributed by atoms with E-state index in [1.807, 2.05) is 6.92 Å². The summed E-state index contributed by atoms with van der Waals surface area (Å²) in [5, 5.41) is 3.38. The lowest BCUT2D eigenvalue weighted by molar-refractivity contribution is -0.140. The lowest BCUT2D eigenvalue weighted by Crippen LogP contribution is -2.35. The first-order valence-electron chi connectivity index (χ1n) is 8.56. The summed E-state index contributed by atoms with van der Waals surface area (Å²) < 4.78 is 0. The first-order valence-corrected chi connectivity index (χ1v) is 8.93. The molecule has 0 aromatic heterocycles. The number of hydrogen-bond donors (Lipinski definition) is 1. The van der Waals surface area contributed by atoms with Gasteiger partial charge in [-0.15, -0.1) is 0 Å². The van der Waals surface area contributed by atoms with Crippen LogP contribution in [0.2, 0.25) is 5.02 Å². The Kier molecular flexibility index (Phi) is 3.91. The van der Waals surface area contributed by atoms with Crippen LogP contribution in [0.1, 0.15) is 18.4 Å². The van der Waals surface area contributed by atoms with Crippen LogP contribution < -0.4 is 5.32 Å².